The molecule has 1 aliphatic rings. The second-order valence-corrected chi connectivity index (χ2v) is 6.69. The number of aromatic nitrogens is 2. The first kappa shape index (κ1) is 16.5. The van der Waals surface area contributed by atoms with Crippen LogP contribution in [0.4, 0.5) is 10.1 Å². The molecule has 0 radical (unpaired) electrons. The second kappa shape index (κ2) is 6.41. The predicted octanol–water partition coefficient (Wildman–Crippen LogP) is 4.22. The third-order valence-corrected chi connectivity index (χ3v) is 4.78. The molecule has 0 spiro atoms. The molecule has 0 aliphatic carbocycles. The Morgan fingerprint density at radius 3 is 2.58 bits per heavy atom. The topological polar surface area (TPSA) is 38.1 Å². The van der Waals surface area contributed by atoms with E-state index >= 15 is 0 Å². The van der Waals surface area contributed by atoms with Crippen LogP contribution in [0.25, 0.3) is 5.69 Å². The Hall–Kier alpha value is -2.95. The van der Waals surface area contributed by atoms with Crippen molar-refractivity contribution in [3.8, 4) is 5.69 Å². The molecule has 2 aromatic carbocycles. The number of aryl methyl sites for hydroxylation is 3. The predicted molar refractivity (Wildman–Crippen MR) is 99.4 cm³/mol. The molecule has 2 heterocycles. The SMILES string of the molecule is Cc1cc(C)n(-c2ccc(C(=O)N3CCCc4cccc(F)c43)cc2)n1. The van der Waals surface area contributed by atoms with Gasteiger partial charge in [0.1, 0.15) is 5.82 Å². The summed E-state index contributed by atoms with van der Waals surface area (Å²) in [7, 11) is 0. The molecule has 0 atom stereocenters. The number of rotatable bonds is 2. The number of hydrogen-bond donors (Lipinski definition) is 0. The average Bonchev–Trinajstić information content (AvgIpc) is 2.99. The second-order valence-electron chi connectivity index (χ2n) is 6.69. The summed E-state index contributed by atoms with van der Waals surface area (Å²) in [6.07, 6.45) is 1.64. The molecule has 0 saturated heterocycles. The van der Waals surface area contributed by atoms with Gasteiger partial charge in [-0.3, -0.25) is 4.79 Å². The van der Waals surface area contributed by atoms with Crippen molar-refractivity contribution in [1.29, 1.82) is 0 Å². The molecule has 0 N–H and O–H groups in total. The summed E-state index contributed by atoms with van der Waals surface area (Å²) < 4.78 is 16.2. The lowest BCUT2D eigenvalue weighted by Crippen LogP contribution is -2.36. The maximum atomic E-state index is 14.3. The lowest BCUT2D eigenvalue weighted by molar-refractivity contribution is 0.0984. The maximum Gasteiger partial charge on any atom is 0.258 e. The van der Waals surface area contributed by atoms with Gasteiger partial charge in [-0.1, -0.05) is 12.1 Å². The average molecular weight is 349 g/mol. The van der Waals surface area contributed by atoms with E-state index in [1.54, 1.807) is 23.1 Å². The Morgan fingerprint density at radius 1 is 1.12 bits per heavy atom. The normalized spacial score (nSPS) is 13.6. The van der Waals surface area contributed by atoms with Gasteiger partial charge in [0.05, 0.1) is 17.1 Å². The zero-order valence-corrected chi connectivity index (χ0v) is 14.9. The summed E-state index contributed by atoms with van der Waals surface area (Å²) in [6, 6.07) is 14.3. The number of halogens is 1. The van der Waals surface area contributed by atoms with Crippen LogP contribution in [0.1, 0.15) is 33.7 Å². The highest BCUT2D eigenvalue weighted by molar-refractivity contribution is 6.06. The minimum atomic E-state index is -0.338. The highest BCUT2D eigenvalue weighted by Crippen LogP contribution is 2.31. The van der Waals surface area contributed by atoms with Gasteiger partial charge in [-0.05, 0) is 68.7 Å². The van der Waals surface area contributed by atoms with Gasteiger partial charge in [0.15, 0.2) is 0 Å². The highest BCUT2D eigenvalue weighted by Gasteiger charge is 2.26. The first-order chi connectivity index (χ1) is 12.5. The molecule has 1 aliphatic heterocycles. The zero-order valence-electron chi connectivity index (χ0n) is 14.9. The van der Waals surface area contributed by atoms with Crippen molar-refractivity contribution in [3.63, 3.8) is 0 Å². The summed E-state index contributed by atoms with van der Waals surface area (Å²) in [5, 5.41) is 4.46. The first-order valence-corrected chi connectivity index (χ1v) is 8.77. The monoisotopic (exact) mass is 349 g/mol. The zero-order chi connectivity index (χ0) is 18.3. The van der Waals surface area contributed by atoms with Crippen LogP contribution >= 0.6 is 0 Å². The summed E-state index contributed by atoms with van der Waals surface area (Å²) in [5.74, 6) is -0.509. The van der Waals surface area contributed by atoms with E-state index in [9.17, 15) is 9.18 Å². The van der Waals surface area contributed by atoms with Crippen molar-refractivity contribution < 1.29 is 9.18 Å². The quantitative estimate of drug-likeness (QED) is 0.695. The van der Waals surface area contributed by atoms with Crippen molar-refractivity contribution in [2.45, 2.75) is 26.7 Å². The number of benzene rings is 2. The third kappa shape index (κ3) is 2.79. The van der Waals surface area contributed by atoms with Crippen LogP contribution in [0.3, 0.4) is 0 Å². The number of carbonyl (C=O) groups excluding carboxylic acids is 1. The van der Waals surface area contributed by atoms with Crippen LogP contribution in [0, 0.1) is 19.7 Å². The Kier molecular flexibility index (Phi) is 4.07. The number of anilines is 1. The Bertz CT molecular complexity index is 975. The van der Waals surface area contributed by atoms with Gasteiger partial charge in [0.25, 0.3) is 5.91 Å². The van der Waals surface area contributed by atoms with E-state index in [0.717, 1.165) is 35.5 Å². The van der Waals surface area contributed by atoms with Crippen LogP contribution in [0.15, 0.2) is 48.5 Å². The van der Waals surface area contributed by atoms with Crippen molar-refractivity contribution in [3.05, 3.63) is 76.9 Å². The van der Waals surface area contributed by atoms with Gasteiger partial charge in [-0.15, -0.1) is 0 Å². The Morgan fingerprint density at radius 2 is 1.88 bits per heavy atom. The molecule has 0 fully saturated rings. The number of hydrogen-bond acceptors (Lipinski definition) is 2. The lowest BCUT2D eigenvalue weighted by atomic mass is 10.0. The Labute approximate surface area is 151 Å². The van der Waals surface area contributed by atoms with Gasteiger partial charge in [-0.2, -0.15) is 5.10 Å². The molecular weight excluding hydrogens is 329 g/mol. The van der Waals surface area contributed by atoms with E-state index < -0.39 is 0 Å². The molecule has 0 saturated carbocycles. The fraction of sp³-hybridized carbons (Fsp3) is 0.238. The molecule has 4 rings (SSSR count). The van der Waals surface area contributed by atoms with Crippen molar-refractivity contribution in [2.75, 3.05) is 11.4 Å². The summed E-state index contributed by atoms with van der Waals surface area (Å²) in [4.78, 5) is 14.5. The van der Waals surface area contributed by atoms with E-state index in [1.165, 1.54) is 6.07 Å². The van der Waals surface area contributed by atoms with Crippen molar-refractivity contribution in [1.82, 2.24) is 9.78 Å². The molecule has 3 aromatic rings. The van der Waals surface area contributed by atoms with Crippen LogP contribution in [0.5, 0.6) is 0 Å². The maximum absolute atomic E-state index is 14.3. The molecule has 1 amide bonds. The van der Waals surface area contributed by atoms with E-state index in [2.05, 4.69) is 5.10 Å². The first-order valence-electron chi connectivity index (χ1n) is 8.77. The molecule has 0 bridgehead atoms. The van der Waals surface area contributed by atoms with Gasteiger partial charge in [0, 0.05) is 17.8 Å². The van der Waals surface area contributed by atoms with E-state index in [4.69, 9.17) is 0 Å². The highest BCUT2D eigenvalue weighted by atomic mass is 19.1. The number of para-hydroxylation sites is 1. The molecule has 132 valence electrons. The van der Waals surface area contributed by atoms with Crippen LogP contribution in [-0.2, 0) is 6.42 Å². The standard InChI is InChI=1S/C21H20FN3O/c1-14-13-15(2)25(23-14)18-10-8-17(9-11-18)21(26)24-12-4-6-16-5-3-7-19(22)20(16)24/h3,5,7-11,13H,4,6,12H2,1-2H3. The minimum Gasteiger partial charge on any atom is -0.305 e. The molecule has 0 unspecified atom stereocenters. The van der Waals surface area contributed by atoms with Crippen molar-refractivity contribution >= 4 is 11.6 Å². The largest absolute Gasteiger partial charge is 0.305 e. The van der Waals surface area contributed by atoms with Crippen LogP contribution in [0.2, 0.25) is 0 Å². The summed E-state index contributed by atoms with van der Waals surface area (Å²) in [6.45, 7) is 4.47. The third-order valence-electron chi connectivity index (χ3n) is 4.78. The summed E-state index contributed by atoms with van der Waals surface area (Å²) in [5.41, 5.74) is 4.75. The number of nitrogens with zero attached hydrogens (tertiary/aromatic N) is 3. The lowest BCUT2D eigenvalue weighted by Gasteiger charge is -2.30. The number of fused-ring (bicyclic) bond motifs is 1. The van der Waals surface area contributed by atoms with Crippen molar-refractivity contribution in [2.24, 2.45) is 0 Å². The summed E-state index contributed by atoms with van der Waals surface area (Å²) >= 11 is 0. The van der Waals surface area contributed by atoms with E-state index in [0.29, 0.717) is 17.8 Å². The molecule has 4 nitrogen and oxygen atoms in total. The van der Waals surface area contributed by atoms with Gasteiger partial charge < -0.3 is 4.90 Å². The molecule has 26 heavy (non-hydrogen) atoms. The molecule has 5 heteroatoms. The fourth-order valence-corrected chi connectivity index (χ4v) is 3.60. The van der Waals surface area contributed by atoms with Gasteiger partial charge in [-0.25, -0.2) is 9.07 Å². The fourth-order valence-electron chi connectivity index (χ4n) is 3.60. The van der Waals surface area contributed by atoms with Gasteiger partial charge >= 0.3 is 0 Å². The van der Waals surface area contributed by atoms with Gasteiger partial charge in [0.2, 0.25) is 0 Å². The van der Waals surface area contributed by atoms with E-state index in [-0.39, 0.29) is 11.7 Å². The van der Waals surface area contributed by atoms with Crippen LogP contribution in [-0.4, -0.2) is 22.2 Å². The van der Waals surface area contributed by atoms with E-state index in [1.807, 2.05) is 42.8 Å². The molecule has 1 aromatic heterocycles. The Balaban J connectivity index is 1.65. The smallest absolute Gasteiger partial charge is 0.258 e. The minimum absolute atomic E-state index is 0.170. The number of carbonyl (C=O) groups is 1. The van der Waals surface area contributed by atoms with Crippen LogP contribution < -0.4 is 4.90 Å². The molecular formula is C21H20FN3O. The number of amides is 1.